The van der Waals surface area contributed by atoms with Crippen LogP contribution in [0.25, 0.3) is 0 Å². The first-order valence-corrected chi connectivity index (χ1v) is 6.14. The van der Waals surface area contributed by atoms with Crippen LogP contribution in [0.4, 0.5) is 11.4 Å². The quantitative estimate of drug-likeness (QED) is 0.525. The summed E-state index contributed by atoms with van der Waals surface area (Å²) >= 11 is 1.32. The van der Waals surface area contributed by atoms with Crippen molar-refractivity contribution in [1.29, 1.82) is 5.26 Å². The van der Waals surface area contributed by atoms with Crippen LogP contribution < -0.4 is 5.73 Å². The van der Waals surface area contributed by atoms with Gasteiger partial charge in [0, 0.05) is 27.6 Å². The van der Waals surface area contributed by atoms with E-state index in [9.17, 15) is 10.1 Å². The number of nitrogen functional groups attached to an aromatic ring is 1. The van der Waals surface area contributed by atoms with E-state index in [2.05, 4.69) is 0 Å². The molecule has 0 fully saturated rings. The summed E-state index contributed by atoms with van der Waals surface area (Å²) in [7, 11) is 0. The molecule has 2 rings (SSSR count). The van der Waals surface area contributed by atoms with Crippen LogP contribution in [0, 0.1) is 21.4 Å². The van der Waals surface area contributed by atoms with Crippen LogP contribution >= 0.6 is 11.8 Å². The first-order valence-electron chi connectivity index (χ1n) is 5.32. The van der Waals surface area contributed by atoms with Gasteiger partial charge in [-0.2, -0.15) is 5.26 Å². The number of nitro groups is 1. The second kappa shape index (κ2) is 5.42. The van der Waals surface area contributed by atoms with Gasteiger partial charge in [0.2, 0.25) is 0 Å². The zero-order valence-corrected chi connectivity index (χ0v) is 10.6. The van der Waals surface area contributed by atoms with Crippen molar-refractivity contribution in [1.82, 2.24) is 0 Å². The van der Waals surface area contributed by atoms with Crippen LogP contribution in [-0.4, -0.2) is 4.92 Å². The number of anilines is 1. The minimum Gasteiger partial charge on any atom is -0.398 e. The van der Waals surface area contributed by atoms with Crippen molar-refractivity contribution < 1.29 is 4.92 Å². The molecule has 0 saturated carbocycles. The molecule has 0 aliphatic carbocycles. The van der Waals surface area contributed by atoms with Gasteiger partial charge in [0.25, 0.3) is 5.69 Å². The third-order valence-electron chi connectivity index (χ3n) is 2.43. The molecule has 0 aliphatic rings. The molecule has 0 bridgehead atoms. The molecule has 2 aromatic rings. The van der Waals surface area contributed by atoms with E-state index in [1.165, 1.54) is 23.9 Å². The summed E-state index contributed by atoms with van der Waals surface area (Å²) < 4.78 is 0. The predicted octanol–water partition coefficient (Wildman–Crippen LogP) is 3.20. The molecule has 0 spiro atoms. The minimum atomic E-state index is -0.522. The monoisotopic (exact) mass is 271 g/mol. The molecule has 6 heteroatoms. The lowest BCUT2D eigenvalue weighted by Crippen LogP contribution is -1.91. The Labute approximate surface area is 113 Å². The number of nitrogens with two attached hydrogens (primary N) is 1. The van der Waals surface area contributed by atoms with Gasteiger partial charge in [-0.15, -0.1) is 0 Å². The van der Waals surface area contributed by atoms with Crippen molar-refractivity contribution >= 4 is 23.1 Å². The topological polar surface area (TPSA) is 92.9 Å². The number of hydrogen-bond acceptors (Lipinski definition) is 5. The Balaban J connectivity index is 2.39. The van der Waals surface area contributed by atoms with Gasteiger partial charge in [0.1, 0.15) is 6.07 Å². The summed E-state index contributed by atoms with van der Waals surface area (Å²) in [4.78, 5) is 11.6. The highest BCUT2D eigenvalue weighted by atomic mass is 32.2. The van der Waals surface area contributed by atoms with Crippen LogP contribution in [0.15, 0.2) is 52.3 Å². The maximum absolute atomic E-state index is 10.7. The Morgan fingerprint density at radius 2 is 1.95 bits per heavy atom. The number of benzene rings is 2. The number of nitro benzene ring substituents is 1. The SMILES string of the molecule is N#Cc1cc([N+](=O)[O-])ccc1Sc1ccccc1N. The van der Waals surface area contributed by atoms with E-state index < -0.39 is 4.92 Å². The van der Waals surface area contributed by atoms with Crippen molar-refractivity contribution in [3.63, 3.8) is 0 Å². The fraction of sp³-hybridized carbons (Fsp3) is 0. The van der Waals surface area contributed by atoms with E-state index in [4.69, 9.17) is 11.0 Å². The summed E-state index contributed by atoms with van der Waals surface area (Å²) in [6.45, 7) is 0. The van der Waals surface area contributed by atoms with Crippen LogP contribution in [0.2, 0.25) is 0 Å². The molecule has 94 valence electrons. The largest absolute Gasteiger partial charge is 0.398 e. The fourth-order valence-corrected chi connectivity index (χ4v) is 2.42. The van der Waals surface area contributed by atoms with Crippen molar-refractivity contribution in [2.45, 2.75) is 9.79 Å². The van der Waals surface area contributed by atoms with Gasteiger partial charge in [-0.3, -0.25) is 10.1 Å². The lowest BCUT2D eigenvalue weighted by Gasteiger charge is -2.06. The molecular formula is C13H9N3O2S. The molecule has 0 amide bonds. The average molecular weight is 271 g/mol. The van der Waals surface area contributed by atoms with Crippen LogP contribution in [0.3, 0.4) is 0 Å². The Morgan fingerprint density at radius 3 is 2.58 bits per heavy atom. The maximum Gasteiger partial charge on any atom is 0.270 e. The highest BCUT2D eigenvalue weighted by Gasteiger charge is 2.12. The van der Waals surface area contributed by atoms with Gasteiger partial charge in [-0.1, -0.05) is 23.9 Å². The van der Waals surface area contributed by atoms with Gasteiger partial charge >= 0.3 is 0 Å². The lowest BCUT2D eigenvalue weighted by molar-refractivity contribution is -0.384. The highest BCUT2D eigenvalue weighted by Crippen LogP contribution is 2.35. The molecule has 0 unspecified atom stereocenters. The van der Waals surface area contributed by atoms with Gasteiger partial charge in [0.05, 0.1) is 10.5 Å². The zero-order valence-electron chi connectivity index (χ0n) is 9.74. The number of non-ortho nitro benzene ring substituents is 1. The number of para-hydroxylation sites is 1. The van der Waals surface area contributed by atoms with Crippen molar-refractivity contribution in [2.24, 2.45) is 0 Å². The predicted molar refractivity (Wildman–Crippen MR) is 72.8 cm³/mol. The zero-order chi connectivity index (χ0) is 13.8. The number of hydrogen-bond donors (Lipinski definition) is 1. The summed E-state index contributed by atoms with van der Waals surface area (Å²) in [5.74, 6) is 0. The number of nitriles is 1. The summed E-state index contributed by atoms with van der Waals surface area (Å²) in [6, 6.07) is 13.4. The van der Waals surface area contributed by atoms with E-state index in [1.807, 2.05) is 24.3 Å². The molecule has 0 heterocycles. The second-order valence-electron chi connectivity index (χ2n) is 3.69. The molecule has 0 aromatic heterocycles. The molecule has 0 aliphatic heterocycles. The molecule has 0 atom stereocenters. The van der Waals surface area contributed by atoms with Crippen LogP contribution in [0.5, 0.6) is 0 Å². The van der Waals surface area contributed by atoms with E-state index in [0.29, 0.717) is 10.6 Å². The second-order valence-corrected chi connectivity index (χ2v) is 4.77. The van der Waals surface area contributed by atoms with Gasteiger partial charge in [-0.25, -0.2) is 0 Å². The van der Waals surface area contributed by atoms with Crippen molar-refractivity contribution in [3.05, 3.63) is 58.1 Å². The van der Waals surface area contributed by atoms with Crippen molar-refractivity contribution in [3.8, 4) is 6.07 Å². The third-order valence-corrected chi connectivity index (χ3v) is 3.60. The normalized spacial score (nSPS) is 9.84. The first kappa shape index (κ1) is 12.9. The number of nitrogens with zero attached hydrogens (tertiary/aromatic N) is 2. The molecule has 2 aromatic carbocycles. The van der Waals surface area contributed by atoms with E-state index in [-0.39, 0.29) is 11.3 Å². The van der Waals surface area contributed by atoms with Gasteiger partial charge < -0.3 is 5.73 Å². The molecule has 0 saturated heterocycles. The molecule has 0 radical (unpaired) electrons. The fourth-order valence-electron chi connectivity index (χ4n) is 1.50. The smallest absolute Gasteiger partial charge is 0.270 e. The molecule has 19 heavy (non-hydrogen) atoms. The summed E-state index contributed by atoms with van der Waals surface area (Å²) in [5, 5.41) is 19.7. The van der Waals surface area contributed by atoms with E-state index in [0.717, 1.165) is 4.90 Å². The lowest BCUT2D eigenvalue weighted by atomic mass is 10.2. The Kier molecular flexibility index (Phi) is 3.68. The number of rotatable bonds is 3. The summed E-state index contributed by atoms with van der Waals surface area (Å²) in [5.41, 5.74) is 6.60. The van der Waals surface area contributed by atoms with Crippen LogP contribution in [-0.2, 0) is 0 Å². The molecular weight excluding hydrogens is 262 g/mol. The minimum absolute atomic E-state index is 0.0954. The van der Waals surface area contributed by atoms with E-state index in [1.54, 1.807) is 12.1 Å². The summed E-state index contributed by atoms with van der Waals surface area (Å²) in [6.07, 6.45) is 0. The van der Waals surface area contributed by atoms with Crippen LogP contribution in [0.1, 0.15) is 5.56 Å². The maximum atomic E-state index is 10.7. The Morgan fingerprint density at radius 1 is 1.21 bits per heavy atom. The third kappa shape index (κ3) is 2.84. The van der Waals surface area contributed by atoms with Gasteiger partial charge in [-0.05, 0) is 18.2 Å². The first-order chi connectivity index (χ1) is 9.11. The van der Waals surface area contributed by atoms with Gasteiger partial charge in [0.15, 0.2) is 0 Å². The standard InChI is InChI=1S/C13H9N3O2S/c14-8-9-7-10(16(17)18)5-6-12(9)19-13-4-2-1-3-11(13)15/h1-7H,15H2. The van der Waals surface area contributed by atoms with E-state index >= 15 is 0 Å². The Hall–Kier alpha value is -2.52. The Bertz CT molecular complexity index is 680. The molecule has 2 N–H and O–H groups in total. The molecule has 5 nitrogen and oxygen atoms in total. The van der Waals surface area contributed by atoms with Crippen molar-refractivity contribution in [2.75, 3.05) is 5.73 Å². The highest BCUT2D eigenvalue weighted by molar-refractivity contribution is 7.99. The average Bonchev–Trinajstić information content (AvgIpc) is 2.41.